The molecule has 1 rings (SSSR count). The minimum atomic E-state index is 0. The van der Waals surface area contributed by atoms with Crippen molar-refractivity contribution >= 4 is 41.7 Å². The van der Waals surface area contributed by atoms with Gasteiger partial charge < -0.3 is 10.6 Å². The van der Waals surface area contributed by atoms with Crippen molar-refractivity contribution in [1.29, 1.82) is 0 Å². The van der Waals surface area contributed by atoms with Crippen LogP contribution in [0.5, 0.6) is 0 Å². The summed E-state index contributed by atoms with van der Waals surface area (Å²) in [5.41, 5.74) is 2.66. The minimum Gasteiger partial charge on any atom is -0.356 e. The first-order valence-corrected chi connectivity index (χ1v) is 8.65. The first-order valence-electron chi connectivity index (χ1n) is 7.26. The van der Waals surface area contributed by atoms with Crippen LogP contribution >= 0.6 is 35.7 Å². The number of hydrogen-bond donors (Lipinski definition) is 2. The first-order chi connectivity index (χ1) is 9.71. The molecule has 0 aromatic heterocycles. The van der Waals surface area contributed by atoms with Crippen LogP contribution in [0.3, 0.4) is 0 Å². The van der Waals surface area contributed by atoms with E-state index in [9.17, 15) is 0 Å². The van der Waals surface area contributed by atoms with Crippen molar-refractivity contribution in [3.05, 3.63) is 35.4 Å². The van der Waals surface area contributed by atoms with Crippen LogP contribution in [0.4, 0.5) is 0 Å². The van der Waals surface area contributed by atoms with Crippen molar-refractivity contribution in [1.82, 2.24) is 10.6 Å². The van der Waals surface area contributed by atoms with Gasteiger partial charge in [0.2, 0.25) is 0 Å². The Morgan fingerprint density at radius 1 is 1.29 bits per heavy atom. The molecule has 1 aromatic carbocycles. The van der Waals surface area contributed by atoms with Crippen LogP contribution in [0.15, 0.2) is 29.3 Å². The molecule has 21 heavy (non-hydrogen) atoms. The summed E-state index contributed by atoms with van der Waals surface area (Å²) < 4.78 is 0. The molecular formula is C16H28IN3S. The van der Waals surface area contributed by atoms with E-state index in [0.717, 1.165) is 25.3 Å². The molecule has 0 saturated carbocycles. The van der Waals surface area contributed by atoms with E-state index in [2.05, 4.69) is 60.0 Å². The average Bonchev–Trinajstić information content (AvgIpc) is 2.50. The molecule has 0 aliphatic carbocycles. The van der Waals surface area contributed by atoms with E-state index >= 15 is 0 Å². The molecule has 2 N–H and O–H groups in total. The van der Waals surface area contributed by atoms with Gasteiger partial charge >= 0.3 is 0 Å². The SMILES string of the molecule is CCc1ccc(C(C)NC(=NC)NCCCSC)cc1.I. The highest BCUT2D eigenvalue weighted by molar-refractivity contribution is 14.0. The van der Waals surface area contributed by atoms with E-state index in [4.69, 9.17) is 0 Å². The number of guanidine groups is 1. The molecule has 0 saturated heterocycles. The molecule has 0 bridgehead atoms. The van der Waals surface area contributed by atoms with Crippen molar-refractivity contribution < 1.29 is 0 Å². The predicted molar refractivity (Wildman–Crippen MR) is 107 cm³/mol. The van der Waals surface area contributed by atoms with Crippen molar-refractivity contribution in [3.63, 3.8) is 0 Å². The molecule has 1 aromatic rings. The van der Waals surface area contributed by atoms with Gasteiger partial charge in [0.15, 0.2) is 5.96 Å². The van der Waals surface area contributed by atoms with Crippen molar-refractivity contribution in [2.75, 3.05) is 25.6 Å². The van der Waals surface area contributed by atoms with Crippen LogP contribution in [0.1, 0.15) is 37.4 Å². The lowest BCUT2D eigenvalue weighted by atomic mass is 10.1. The highest BCUT2D eigenvalue weighted by atomic mass is 127. The second kappa shape index (κ2) is 12.1. The van der Waals surface area contributed by atoms with E-state index in [1.165, 1.54) is 16.9 Å². The molecule has 1 unspecified atom stereocenters. The van der Waals surface area contributed by atoms with Crippen LogP contribution in [0.25, 0.3) is 0 Å². The maximum absolute atomic E-state index is 4.27. The van der Waals surface area contributed by atoms with E-state index in [0.29, 0.717) is 0 Å². The zero-order chi connectivity index (χ0) is 14.8. The molecule has 0 aliphatic rings. The van der Waals surface area contributed by atoms with Gasteiger partial charge in [-0.1, -0.05) is 31.2 Å². The summed E-state index contributed by atoms with van der Waals surface area (Å²) >= 11 is 1.87. The summed E-state index contributed by atoms with van der Waals surface area (Å²) in [4.78, 5) is 4.27. The average molecular weight is 421 g/mol. The van der Waals surface area contributed by atoms with Crippen LogP contribution < -0.4 is 10.6 Å². The van der Waals surface area contributed by atoms with E-state index in [1.807, 2.05) is 18.8 Å². The summed E-state index contributed by atoms with van der Waals surface area (Å²) in [6.45, 7) is 5.30. The normalized spacial score (nSPS) is 12.5. The Morgan fingerprint density at radius 2 is 1.95 bits per heavy atom. The smallest absolute Gasteiger partial charge is 0.191 e. The maximum atomic E-state index is 4.27. The molecule has 0 heterocycles. The van der Waals surface area contributed by atoms with Crippen LogP contribution in [0.2, 0.25) is 0 Å². The molecule has 0 fully saturated rings. The molecule has 3 nitrogen and oxygen atoms in total. The summed E-state index contributed by atoms with van der Waals surface area (Å²) in [5.74, 6) is 2.05. The Hall–Kier alpha value is -0.430. The molecule has 1 atom stereocenters. The number of nitrogens with zero attached hydrogens (tertiary/aromatic N) is 1. The maximum Gasteiger partial charge on any atom is 0.191 e. The van der Waals surface area contributed by atoms with Gasteiger partial charge in [-0.15, -0.1) is 24.0 Å². The molecule has 0 amide bonds. The van der Waals surface area contributed by atoms with E-state index in [-0.39, 0.29) is 30.0 Å². The van der Waals surface area contributed by atoms with Crippen molar-refractivity contribution in [2.45, 2.75) is 32.7 Å². The second-order valence-electron chi connectivity index (χ2n) is 4.81. The van der Waals surface area contributed by atoms with Gasteiger partial charge in [0, 0.05) is 13.6 Å². The monoisotopic (exact) mass is 421 g/mol. The summed E-state index contributed by atoms with van der Waals surface area (Å²) in [6, 6.07) is 9.03. The number of halogens is 1. The lowest BCUT2D eigenvalue weighted by molar-refractivity contribution is 0.682. The lowest BCUT2D eigenvalue weighted by Crippen LogP contribution is -2.39. The third-order valence-electron chi connectivity index (χ3n) is 3.28. The number of nitrogens with one attached hydrogen (secondary N) is 2. The third kappa shape index (κ3) is 7.95. The topological polar surface area (TPSA) is 36.4 Å². The third-order valence-corrected chi connectivity index (χ3v) is 3.98. The number of rotatable bonds is 7. The number of aliphatic imine (C=N–C) groups is 1. The van der Waals surface area contributed by atoms with E-state index in [1.54, 1.807) is 0 Å². The van der Waals surface area contributed by atoms with Gasteiger partial charge in [0.05, 0.1) is 6.04 Å². The fourth-order valence-electron chi connectivity index (χ4n) is 1.95. The standard InChI is InChI=1S/C16H27N3S.HI/c1-5-14-7-9-15(10-8-14)13(2)19-16(17-3)18-11-6-12-20-4;/h7-10,13H,5-6,11-12H2,1-4H3,(H2,17,18,19);1H. The molecule has 5 heteroatoms. The van der Waals surface area contributed by atoms with Gasteiger partial charge in [-0.05, 0) is 42.9 Å². The van der Waals surface area contributed by atoms with Gasteiger partial charge in [-0.2, -0.15) is 11.8 Å². The lowest BCUT2D eigenvalue weighted by Gasteiger charge is -2.18. The summed E-state index contributed by atoms with van der Waals surface area (Å²) in [5, 5.41) is 6.78. The minimum absolute atomic E-state index is 0. The summed E-state index contributed by atoms with van der Waals surface area (Å²) in [7, 11) is 1.82. The zero-order valence-electron chi connectivity index (χ0n) is 13.5. The Balaban J connectivity index is 0.00000400. The van der Waals surface area contributed by atoms with Crippen LogP contribution in [0, 0.1) is 0 Å². The summed E-state index contributed by atoms with van der Waals surface area (Å²) in [6.07, 6.45) is 4.37. The van der Waals surface area contributed by atoms with Crippen molar-refractivity contribution in [3.8, 4) is 0 Å². The molecule has 0 spiro atoms. The highest BCUT2D eigenvalue weighted by Crippen LogP contribution is 2.13. The fourth-order valence-corrected chi connectivity index (χ4v) is 2.38. The predicted octanol–water partition coefficient (Wildman–Crippen LogP) is 3.85. The highest BCUT2D eigenvalue weighted by Gasteiger charge is 2.07. The Bertz CT molecular complexity index is 406. The zero-order valence-corrected chi connectivity index (χ0v) is 16.6. The Morgan fingerprint density at radius 3 is 2.48 bits per heavy atom. The van der Waals surface area contributed by atoms with Gasteiger partial charge in [-0.25, -0.2) is 0 Å². The van der Waals surface area contributed by atoms with Gasteiger partial charge in [-0.3, -0.25) is 4.99 Å². The number of thioether (sulfide) groups is 1. The second-order valence-corrected chi connectivity index (χ2v) is 5.79. The number of benzene rings is 1. The van der Waals surface area contributed by atoms with Crippen molar-refractivity contribution in [2.24, 2.45) is 4.99 Å². The van der Waals surface area contributed by atoms with Gasteiger partial charge in [0.1, 0.15) is 0 Å². The quantitative estimate of drug-likeness (QED) is 0.304. The fraction of sp³-hybridized carbons (Fsp3) is 0.562. The molecule has 0 aliphatic heterocycles. The van der Waals surface area contributed by atoms with E-state index < -0.39 is 0 Å². The number of aryl methyl sites for hydroxylation is 1. The Labute approximate surface area is 150 Å². The molecule has 0 radical (unpaired) electrons. The van der Waals surface area contributed by atoms with Crippen LogP contribution in [-0.4, -0.2) is 31.6 Å². The number of hydrogen-bond acceptors (Lipinski definition) is 2. The largest absolute Gasteiger partial charge is 0.356 e. The molecular weight excluding hydrogens is 393 g/mol. The molecule has 120 valence electrons. The Kier molecular flexibility index (Phi) is 11.9. The van der Waals surface area contributed by atoms with Gasteiger partial charge in [0.25, 0.3) is 0 Å². The first kappa shape index (κ1) is 20.6. The van der Waals surface area contributed by atoms with Crippen LogP contribution in [-0.2, 0) is 6.42 Å².